The van der Waals surface area contributed by atoms with Gasteiger partial charge in [-0.25, -0.2) is 23.0 Å². The molecule has 12 nitrogen and oxygen atoms in total. The molecule has 0 spiro atoms. The van der Waals surface area contributed by atoms with Gasteiger partial charge in [0.25, 0.3) is 0 Å². The standard InChI is InChI=1S/C47H60F3N7O5Si/c1-28(2)63(29(3)4,30(5)6)21-14-35-38(49)13-12-32-22-34(59)23-36(39(32)35)41-40(50)42-37(25-51-41)43(53-44(52-42)61-27-47-15-11-16-55(47)26-33(48)24-47)56-19-17-54(31(7)58)18-20-57(56)45(60)62-46(8,9)10/h12-13,22-23,25,28-30,33,59H,11,15-20,24,26-27H2,1-10H3/t33-,47+/m1/s1. The molecule has 63 heavy (non-hydrogen) atoms. The van der Waals surface area contributed by atoms with Crippen LogP contribution in [0.15, 0.2) is 30.5 Å². The number of aromatic hydroxyl groups is 1. The van der Waals surface area contributed by atoms with Gasteiger partial charge in [-0.05, 0) is 80.4 Å². The highest BCUT2D eigenvalue weighted by atomic mass is 28.3. The van der Waals surface area contributed by atoms with Crippen LogP contribution in [-0.4, -0.2) is 118 Å². The van der Waals surface area contributed by atoms with E-state index in [9.17, 15) is 19.1 Å². The molecule has 7 rings (SSSR count). The number of carbonyl (C=O) groups excluding carboxylic acids is 2. The average Bonchev–Trinajstić information content (AvgIpc) is 3.62. The summed E-state index contributed by atoms with van der Waals surface area (Å²) < 4.78 is 61.0. The summed E-state index contributed by atoms with van der Waals surface area (Å²) >= 11 is 0. The molecule has 4 aromatic rings. The number of fused-ring (bicyclic) bond motifs is 3. The van der Waals surface area contributed by atoms with Crippen LogP contribution in [0.4, 0.5) is 23.8 Å². The summed E-state index contributed by atoms with van der Waals surface area (Å²) in [5, 5.41) is 14.7. The van der Waals surface area contributed by atoms with Gasteiger partial charge in [0.05, 0.1) is 29.6 Å². The Hall–Kier alpha value is -5.14. The molecule has 1 N–H and O–H groups in total. The van der Waals surface area contributed by atoms with Crippen LogP contribution in [-0.2, 0) is 9.53 Å². The fourth-order valence-corrected chi connectivity index (χ4v) is 15.5. The molecule has 2 aromatic heterocycles. The van der Waals surface area contributed by atoms with E-state index in [1.54, 1.807) is 25.7 Å². The van der Waals surface area contributed by atoms with Crippen LogP contribution in [0.3, 0.4) is 0 Å². The van der Waals surface area contributed by atoms with Crippen molar-refractivity contribution < 1.29 is 37.3 Å². The molecule has 3 aliphatic rings. The summed E-state index contributed by atoms with van der Waals surface area (Å²) in [4.78, 5) is 44.3. The Morgan fingerprint density at radius 1 is 1.00 bits per heavy atom. The Morgan fingerprint density at radius 3 is 2.37 bits per heavy atom. The predicted molar refractivity (Wildman–Crippen MR) is 241 cm³/mol. The molecule has 2 atom stereocenters. The van der Waals surface area contributed by atoms with Gasteiger partial charge >= 0.3 is 12.1 Å². The Balaban J connectivity index is 1.45. The largest absolute Gasteiger partial charge is 0.508 e. The lowest BCUT2D eigenvalue weighted by Gasteiger charge is -2.38. The average molecular weight is 888 g/mol. The maximum absolute atomic E-state index is 17.8. The predicted octanol–water partition coefficient (Wildman–Crippen LogP) is 9.17. The van der Waals surface area contributed by atoms with Crippen molar-refractivity contribution >= 4 is 47.6 Å². The molecule has 2 amide bonds. The topological polar surface area (TPSA) is 124 Å². The molecule has 0 aliphatic carbocycles. The maximum atomic E-state index is 17.8. The number of phenolic OH excluding ortho intramolecular Hbond substituents is 1. The molecule has 0 unspecified atom stereocenters. The molecule has 0 radical (unpaired) electrons. The monoisotopic (exact) mass is 887 g/mol. The van der Waals surface area contributed by atoms with Crippen LogP contribution in [0, 0.1) is 23.1 Å². The van der Waals surface area contributed by atoms with Crippen molar-refractivity contribution in [1.29, 1.82) is 0 Å². The first-order chi connectivity index (χ1) is 29.7. The highest BCUT2D eigenvalue weighted by Gasteiger charge is 2.49. The zero-order valence-electron chi connectivity index (χ0n) is 38.1. The third-order valence-electron chi connectivity index (χ3n) is 13.2. The van der Waals surface area contributed by atoms with Crippen LogP contribution in [0.2, 0.25) is 16.6 Å². The van der Waals surface area contributed by atoms with E-state index in [4.69, 9.17) is 14.5 Å². The van der Waals surface area contributed by atoms with Crippen molar-refractivity contribution in [3.63, 3.8) is 0 Å². The number of anilines is 1. The third-order valence-corrected chi connectivity index (χ3v) is 19.5. The summed E-state index contributed by atoms with van der Waals surface area (Å²) in [6, 6.07) is 5.44. The van der Waals surface area contributed by atoms with Crippen molar-refractivity contribution in [2.24, 2.45) is 0 Å². The molecule has 0 bridgehead atoms. The van der Waals surface area contributed by atoms with E-state index in [0.29, 0.717) is 18.4 Å². The van der Waals surface area contributed by atoms with E-state index >= 15 is 8.78 Å². The number of hydrogen-bond acceptors (Lipinski definition) is 10. The lowest BCUT2D eigenvalue weighted by molar-refractivity contribution is -0.128. The molecule has 0 saturated carbocycles. The van der Waals surface area contributed by atoms with E-state index in [-0.39, 0.29) is 112 Å². The maximum Gasteiger partial charge on any atom is 0.429 e. The minimum Gasteiger partial charge on any atom is -0.508 e. The molecule has 3 fully saturated rings. The van der Waals surface area contributed by atoms with Crippen molar-refractivity contribution in [3.05, 3.63) is 47.7 Å². The van der Waals surface area contributed by atoms with E-state index in [0.717, 1.165) is 13.0 Å². The number of nitrogens with zero attached hydrogens (tertiary/aromatic N) is 7. The third kappa shape index (κ3) is 8.75. The highest BCUT2D eigenvalue weighted by Crippen LogP contribution is 2.44. The van der Waals surface area contributed by atoms with Gasteiger partial charge in [0.1, 0.15) is 49.2 Å². The van der Waals surface area contributed by atoms with Crippen molar-refractivity contribution in [2.75, 3.05) is 50.9 Å². The first kappa shape index (κ1) is 45.9. The quantitative estimate of drug-likeness (QED) is 0.135. The van der Waals surface area contributed by atoms with Crippen LogP contribution in [0.5, 0.6) is 11.8 Å². The first-order valence-electron chi connectivity index (χ1n) is 22.1. The lowest BCUT2D eigenvalue weighted by atomic mass is 9.95. The molecule has 2 aromatic carbocycles. The fraction of sp³-hybridized carbons (Fsp3) is 0.553. The Kier molecular flexibility index (Phi) is 12.7. The summed E-state index contributed by atoms with van der Waals surface area (Å²) in [5.41, 5.74) is 2.65. The number of ether oxygens (including phenoxy) is 2. The highest BCUT2D eigenvalue weighted by molar-refractivity contribution is 6.90. The summed E-state index contributed by atoms with van der Waals surface area (Å²) in [5.74, 6) is 1.42. The Morgan fingerprint density at radius 2 is 1.70 bits per heavy atom. The van der Waals surface area contributed by atoms with Gasteiger partial charge < -0.3 is 19.5 Å². The van der Waals surface area contributed by atoms with E-state index in [1.807, 2.05) is 0 Å². The van der Waals surface area contributed by atoms with Crippen molar-refractivity contribution in [3.8, 4) is 34.5 Å². The molecular formula is C47H60F3N7O5Si. The molecular weight excluding hydrogens is 828 g/mol. The molecule has 5 heterocycles. The minimum absolute atomic E-state index is 0.0271. The van der Waals surface area contributed by atoms with Gasteiger partial charge in [-0.1, -0.05) is 53.5 Å². The second kappa shape index (κ2) is 17.4. The number of phenols is 1. The molecule has 16 heteroatoms. The van der Waals surface area contributed by atoms with Crippen molar-refractivity contribution in [1.82, 2.24) is 29.8 Å². The lowest BCUT2D eigenvalue weighted by Crippen LogP contribution is -2.50. The van der Waals surface area contributed by atoms with Gasteiger partial charge in [0.2, 0.25) is 5.91 Å². The van der Waals surface area contributed by atoms with Gasteiger partial charge in [0, 0.05) is 50.1 Å². The first-order valence-corrected chi connectivity index (χ1v) is 24.3. The zero-order chi connectivity index (χ0) is 45.8. The van der Waals surface area contributed by atoms with E-state index in [2.05, 4.69) is 67.9 Å². The normalized spacial score (nSPS) is 19.9. The SMILES string of the molecule is CC(=O)N1CCN(C(=O)OC(C)(C)C)N(c2nc(OC[C@@]34CCCN3C[C@H](F)C4)nc3c(F)c(-c4cc(O)cc5ccc(F)c(C#C[Si](C(C)C)(C(C)C)C(C)C)c45)ncc23)CC1. The van der Waals surface area contributed by atoms with E-state index in [1.165, 1.54) is 47.4 Å². The van der Waals surface area contributed by atoms with Crippen LogP contribution >= 0.6 is 0 Å². The molecule has 338 valence electrons. The van der Waals surface area contributed by atoms with Crippen LogP contribution in [0.25, 0.3) is 32.9 Å². The number of benzene rings is 2. The van der Waals surface area contributed by atoms with E-state index < -0.39 is 43.1 Å². The molecule has 3 aliphatic heterocycles. The number of aromatic nitrogens is 3. The minimum atomic E-state index is -2.36. The number of rotatable bonds is 8. The van der Waals surface area contributed by atoms with Crippen LogP contribution in [0.1, 0.15) is 94.1 Å². The molecule has 3 saturated heterocycles. The summed E-state index contributed by atoms with van der Waals surface area (Å²) in [6.07, 6.45) is 1.50. The number of amides is 2. The van der Waals surface area contributed by atoms with Gasteiger partial charge in [0.15, 0.2) is 11.6 Å². The second-order valence-corrected chi connectivity index (χ2v) is 24.9. The van der Waals surface area contributed by atoms with Gasteiger partial charge in [-0.2, -0.15) is 9.97 Å². The van der Waals surface area contributed by atoms with Crippen molar-refractivity contribution in [2.45, 2.75) is 122 Å². The second-order valence-electron chi connectivity index (χ2n) is 19.3. The number of halogens is 3. The number of hydrazine groups is 1. The number of carbonyl (C=O) groups is 2. The zero-order valence-corrected chi connectivity index (χ0v) is 39.1. The number of alkyl halides is 1. The summed E-state index contributed by atoms with van der Waals surface area (Å²) in [7, 11) is -2.36. The Bertz CT molecular complexity index is 2470. The van der Waals surface area contributed by atoms with Gasteiger partial charge in [-0.3, -0.25) is 19.7 Å². The number of pyridine rings is 1. The van der Waals surface area contributed by atoms with Crippen LogP contribution < -0.4 is 9.75 Å². The smallest absolute Gasteiger partial charge is 0.429 e. The summed E-state index contributed by atoms with van der Waals surface area (Å²) in [6.45, 7) is 21.2. The fourth-order valence-electron chi connectivity index (χ4n) is 10.3. The van der Waals surface area contributed by atoms with Gasteiger partial charge in [-0.15, -0.1) is 5.54 Å². The number of hydrogen-bond donors (Lipinski definition) is 1. The Labute approximate surface area is 369 Å².